The van der Waals surface area contributed by atoms with Crippen molar-refractivity contribution < 1.29 is 37.9 Å². The number of para-hydroxylation sites is 1. The van der Waals surface area contributed by atoms with Gasteiger partial charge in [-0.3, -0.25) is 19.1 Å². The zero-order valence-electron chi connectivity index (χ0n) is 20.5. The average Bonchev–Trinajstić information content (AvgIpc) is 2.98. The largest absolute Gasteiger partial charge is 0.462 e. The molecule has 12 nitrogen and oxygen atoms in total. The van der Waals surface area contributed by atoms with Crippen LogP contribution in [0.3, 0.4) is 0 Å². The molecule has 1 aromatic carbocycles. The lowest BCUT2D eigenvalue weighted by atomic mass is 9.95. The number of benzene rings is 1. The highest BCUT2D eigenvalue weighted by atomic mass is 32.5. The van der Waals surface area contributed by atoms with Crippen LogP contribution in [0.15, 0.2) is 52.2 Å². The van der Waals surface area contributed by atoms with Crippen LogP contribution in [0.5, 0.6) is 5.75 Å². The number of nitrogens with zero attached hydrogens (tertiary/aromatic N) is 1. The second kappa shape index (κ2) is 11.1. The number of rotatable bonds is 10. The van der Waals surface area contributed by atoms with Crippen molar-refractivity contribution in [2.24, 2.45) is 0 Å². The number of H-pyrrole nitrogens is 1. The fourth-order valence-electron chi connectivity index (χ4n) is 3.51. The number of halogens is 1. The number of hydrogen-bond acceptors (Lipinski definition) is 10. The van der Waals surface area contributed by atoms with Crippen LogP contribution in [0.25, 0.3) is 0 Å². The summed E-state index contributed by atoms with van der Waals surface area (Å²) in [4.78, 5) is 37.9. The molecule has 15 heteroatoms. The third kappa shape index (κ3) is 6.71. The van der Waals surface area contributed by atoms with Gasteiger partial charge in [0.05, 0.1) is 6.10 Å². The highest BCUT2D eigenvalue weighted by Crippen LogP contribution is 2.50. The first-order valence-electron chi connectivity index (χ1n) is 11.2. The first kappa shape index (κ1) is 29.1. The van der Waals surface area contributed by atoms with Crippen molar-refractivity contribution in [3.8, 4) is 5.75 Å². The molecule has 1 saturated heterocycles. The lowest BCUT2D eigenvalue weighted by molar-refractivity contribution is -0.203. The van der Waals surface area contributed by atoms with Gasteiger partial charge in [0.1, 0.15) is 30.1 Å². The van der Waals surface area contributed by atoms with Crippen LogP contribution in [-0.4, -0.2) is 62.0 Å². The fraction of sp³-hybridized carbons (Fsp3) is 0.500. The summed E-state index contributed by atoms with van der Waals surface area (Å²) in [7, 11) is 0. The number of ether oxygens (including phenoxy) is 2. The van der Waals surface area contributed by atoms with Crippen LogP contribution in [0, 0.1) is 0 Å². The molecule has 0 amide bonds. The van der Waals surface area contributed by atoms with Gasteiger partial charge in [-0.15, -0.1) is 0 Å². The number of nitrogens with one attached hydrogen (secondary N) is 2. The van der Waals surface area contributed by atoms with Crippen molar-refractivity contribution in [2.45, 2.75) is 63.6 Å². The van der Waals surface area contributed by atoms with Crippen molar-refractivity contribution in [3.05, 3.63) is 63.4 Å². The minimum absolute atomic E-state index is 0.258. The molecule has 0 saturated carbocycles. The summed E-state index contributed by atoms with van der Waals surface area (Å²) in [5.41, 5.74) is -4.04. The predicted molar refractivity (Wildman–Crippen MR) is 133 cm³/mol. The van der Waals surface area contributed by atoms with Crippen LogP contribution in [0.1, 0.15) is 33.9 Å². The van der Waals surface area contributed by atoms with E-state index in [0.29, 0.717) is 0 Å². The quantitative estimate of drug-likeness (QED) is 0.243. The van der Waals surface area contributed by atoms with Crippen molar-refractivity contribution >= 4 is 24.4 Å². The van der Waals surface area contributed by atoms with Gasteiger partial charge < -0.3 is 28.7 Å². The highest BCUT2D eigenvalue weighted by Gasteiger charge is 2.63. The molecule has 3 rings (SSSR count). The van der Waals surface area contributed by atoms with E-state index >= 15 is 4.39 Å². The minimum atomic E-state index is -3.71. The van der Waals surface area contributed by atoms with E-state index in [1.807, 2.05) is 4.98 Å². The van der Waals surface area contributed by atoms with E-state index in [4.69, 9.17) is 30.3 Å². The molecular weight excluding hydrogens is 532 g/mol. The van der Waals surface area contributed by atoms with E-state index in [0.717, 1.165) is 23.8 Å². The number of aliphatic hydroxyl groups is 2. The summed E-state index contributed by atoms with van der Waals surface area (Å²) < 4.78 is 38.5. The molecule has 1 aliphatic rings. The van der Waals surface area contributed by atoms with Crippen molar-refractivity contribution in [2.75, 3.05) is 6.61 Å². The van der Waals surface area contributed by atoms with Crippen molar-refractivity contribution in [3.63, 3.8) is 0 Å². The molecule has 2 heterocycles. The van der Waals surface area contributed by atoms with Crippen molar-refractivity contribution in [1.82, 2.24) is 14.6 Å². The molecule has 1 aromatic heterocycles. The van der Waals surface area contributed by atoms with E-state index in [1.165, 1.54) is 6.92 Å². The van der Waals surface area contributed by atoms with Gasteiger partial charge in [-0.1, -0.05) is 18.2 Å². The molecular formula is C22H29FN3O9PS. The maximum Gasteiger partial charge on any atom is 0.330 e. The summed E-state index contributed by atoms with van der Waals surface area (Å²) in [5.74, 6) is -3.47. The number of carbonyl (C=O) groups excluding carboxylic acids is 1. The Morgan fingerprint density at radius 2 is 1.95 bits per heavy atom. The second-order valence-electron chi connectivity index (χ2n) is 8.91. The molecule has 0 aliphatic carbocycles. The van der Waals surface area contributed by atoms with Gasteiger partial charge in [-0.2, -0.15) is 0 Å². The molecule has 4 N–H and O–H groups in total. The number of aromatic amines is 1. The Hall–Kier alpha value is -2.45. The molecule has 37 heavy (non-hydrogen) atoms. The van der Waals surface area contributed by atoms with E-state index in [-0.39, 0.29) is 5.75 Å². The number of aromatic nitrogens is 2. The average molecular weight is 562 g/mol. The number of carbonyl (C=O) groups is 1. The van der Waals surface area contributed by atoms with Crippen LogP contribution < -0.4 is 20.9 Å². The summed E-state index contributed by atoms with van der Waals surface area (Å²) >= 11 is 5.52. The third-order valence-electron chi connectivity index (χ3n) is 5.33. The van der Waals surface area contributed by atoms with Gasteiger partial charge in [-0.25, -0.2) is 14.3 Å². The van der Waals surface area contributed by atoms with Gasteiger partial charge in [0.25, 0.3) is 11.4 Å². The first-order valence-corrected chi connectivity index (χ1v) is 13.9. The molecule has 0 spiro atoms. The number of hydrogen-bond donors (Lipinski definition) is 4. The van der Waals surface area contributed by atoms with E-state index in [1.54, 1.807) is 44.2 Å². The normalized spacial score (nSPS) is 28.0. The summed E-state index contributed by atoms with van der Waals surface area (Å²) in [6.45, 7) is 1.08. The Labute approximate surface area is 216 Å². The monoisotopic (exact) mass is 561 g/mol. The van der Waals surface area contributed by atoms with Gasteiger partial charge >= 0.3 is 18.3 Å². The summed E-state index contributed by atoms with van der Waals surface area (Å²) in [6.07, 6.45) is -3.36. The fourth-order valence-corrected chi connectivity index (χ4v) is 5.91. The van der Waals surface area contributed by atoms with Gasteiger partial charge in [0, 0.05) is 12.3 Å². The Balaban J connectivity index is 1.86. The molecule has 2 aromatic rings. The van der Waals surface area contributed by atoms with Gasteiger partial charge in [0.2, 0.25) is 0 Å². The number of alkyl halides is 1. The Morgan fingerprint density at radius 1 is 1.30 bits per heavy atom. The number of aliphatic hydroxyl groups excluding tert-OH is 1. The standard InChI is InChI=1S/C22H29FN3O9PS/c1-13(2)33-17(28)14(3)25-36(37,35-15-8-6-5-7-9-15)32-12-22(23)18(29)21(4,31)19(34-22)26-11-10-16(27)24-20(26)30/h5-11,13-14,18-19,29,31H,12H2,1-4H3,(H,25,37)(H,24,27,30). The SMILES string of the molecule is CC(C)OC(=O)C(C)NP(=S)(OCC1(F)OC(n2ccc(=O)[nH]c2=O)C(C)(O)C1O)Oc1ccccc1. The molecule has 0 bridgehead atoms. The first-order chi connectivity index (χ1) is 17.2. The number of esters is 1. The van der Waals surface area contributed by atoms with E-state index in [9.17, 15) is 24.6 Å². The molecule has 1 aliphatic heterocycles. The van der Waals surface area contributed by atoms with Gasteiger partial charge in [0.15, 0.2) is 6.23 Å². The molecule has 6 unspecified atom stereocenters. The topological polar surface area (TPSA) is 161 Å². The lowest BCUT2D eigenvalue weighted by Crippen LogP contribution is -2.50. The molecule has 1 fully saturated rings. The summed E-state index contributed by atoms with van der Waals surface area (Å²) in [5, 5.41) is 24.2. The third-order valence-corrected chi connectivity index (χ3v) is 7.81. The Kier molecular flexibility index (Phi) is 8.75. The smallest absolute Gasteiger partial charge is 0.330 e. The molecule has 0 radical (unpaired) electrons. The van der Waals surface area contributed by atoms with Crippen LogP contribution in [0.2, 0.25) is 0 Å². The highest BCUT2D eigenvalue weighted by molar-refractivity contribution is 8.09. The molecule has 6 atom stereocenters. The van der Waals surface area contributed by atoms with E-state index < -0.39 is 66.4 Å². The Bertz CT molecular complexity index is 1270. The lowest BCUT2D eigenvalue weighted by Gasteiger charge is -2.30. The van der Waals surface area contributed by atoms with Crippen LogP contribution in [0.4, 0.5) is 4.39 Å². The van der Waals surface area contributed by atoms with E-state index in [2.05, 4.69) is 5.09 Å². The zero-order chi connectivity index (χ0) is 27.6. The minimum Gasteiger partial charge on any atom is -0.462 e. The van der Waals surface area contributed by atoms with Gasteiger partial charge in [-0.05, 0) is 51.6 Å². The van der Waals surface area contributed by atoms with Crippen LogP contribution >= 0.6 is 6.64 Å². The maximum absolute atomic E-state index is 15.9. The second-order valence-corrected chi connectivity index (χ2v) is 12.0. The predicted octanol–water partition coefficient (Wildman–Crippen LogP) is 1.09. The summed E-state index contributed by atoms with van der Waals surface area (Å²) in [6, 6.07) is 8.14. The molecule has 204 valence electrons. The van der Waals surface area contributed by atoms with Crippen molar-refractivity contribution in [1.29, 1.82) is 0 Å². The maximum atomic E-state index is 15.9. The zero-order valence-corrected chi connectivity index (χ0v) is 22.2. The van der Waals surface area contributed by atoms with Crippen LogP contribution in [-0.2, 0) is 30.6 Å². The Morgan fingerprint density at radius 3 is 2.54 bits per heavy atom.